The van der Waals surface area contributed by atoms with E-state index >= 15 is 0 Å². The molecule has 14 heavy (non-hydrogen) atoms. The van der Waals surface area contributed by atoms with E-state index in [1.807, 2.05) is 0 Å². The number of anilines is 1. The molecule has 0 aromatic heterocycles. The fraction of sp³-hybridized carbons (Fsp3) is 0.143. The largest absolute Gasteiger partial charge is 1.00 e. The predicted octanol–water partition coefficient (Wildman–Crippen LogP) is -3.33. The molecule has 0 radical (unpaired) electrons. The number of hydrogen-bond acceptors (Lipinski definition) is 5. The Morgan fingerprint density at radius 1 is 1.43 bits per heavy atom. The molecule has 1 aromatic rings. The number of nitrogen functional groups attached to an aromatic ring is 1. The first kappa shape index (κ1) is 13.9. The molecule has 0 atom stereocenters. The Kier molecular flexibility index (Phi) is 5.07. The zero-order valence-electron chi connectivity index (χ0n) is 7.60. The van der Waals surface area contributed by atoms with Crippen LogP contribution in [-0.4, -0.2) is 18.1 Å². The van der Waals surface area contributed by atoms with Crippen LogP contribution < -0.4 is 35.3 Å². The molecule has 1 aromatic carbocycles. The molecule has 0 heterocycles. The first-order chi connectivity index (χ1) is 5.95. The Bertz CT molecular complexity index is 418. The van der Waals surface area contributed by atoms with Crippen molar-refractivity contribution in [2.45, 2.75) is 11.5 Å². The van der Waals surface area contributed by atoms with E-state index in [4.69, 9.17) is 10.8 Å². The Labute approximate surface area is 104 Å². The Morgan fingerprint density at radius 2 is 2.00 bits per heavy atom. The Balaban J connectivity index is 0.00000169. The minimum Gasteiger partial charge on any atom is -0.744 e. The molecule has 0 aliphatic carbocycles. The molecule has 72 valence electrons. The van der Waals surface area contributed by atoms with Gasteiger partial charge in [-0.3, -0.25) is 0 Å². The number of hydrogen-bond donors (Lipinski definition) is 2. The molecule has 0 aliphatic rings. The van der Waals surface area contributed by atoms with Crippen LogP contribution in [0.2, 0.25) is 0 Å². The fourth-order valence-corrected chi connectivity index (χ4v) is 1.67. The smallest absolute Gasteiger partial charge is 0.744 e. The summed E-state index contributed by atoms with van der Waals surface area (Å²) in [6, 6.07) is 3.76. The summed E-state index contributed by atoms with van der Waals surface area (Å²) in [4.78, 5) is -0.463. The number of aliphatic hydroxyl groups is 1. The third-order valence-corrected chi connectivity index (χ3v) is 2.45. The molecule has 0 amide bonds. The fourth-order valence-electron chi connectivity index (χ4n) is 0.934. The second-order valence-electron chi connectivity index (χ2n) is 2.48. The van der Waals surface area contributed by atoms with Gasteiger partial charge in [0.25, 0.3) is 0 Å². The topological polar surface area (TPSA) is 103 Å². The van der Waals surface area contributed by atoms with Crippen LogP contribution in [0.1, 0.15) is 5.56 Å². The van der Waals surface area contributed by atoms with Gasteiger partial charge in [-0.15, -0.1) is 0 Å². The van der Waals surface area contributed by atoms with Gasteiger partial charge >= 0.3 is 29.6 Å². The van der Waals surface area contributed by atoms with Crippen LogP contribution in [0.3, 0.4) is 0 Å². The van der Waals surface area contributed by atoms with Gasteiger partial charge < -0.3 is 15.4 Å². The minimum absolute atomic E-state index is 0. The first-order valence-electron chi connectivity index (χ1n) is 3.40. The SMILES string of the molecule is Nc1ccc(CO)c(S(=O)(=O)[O-])c1.[Na+]. The van der Waals surface area contributed by atoms with Crippen molar-refractivity contribution in [2.75, 3.05) is 5.73 Å². The van der Waals surface area contributed by atoms with E-state index in [0.29, 0.717) is 0 Å². The summed E-state index contributed by atoms with van der Waals surface area (Å²) >= 11 is 0. The van der Waals surface area contributed by atoms with Crippen molar-refractivity contribution in [3.05, 3.63) is 23.8 Å². The van der Waals surface area contributed by atoms with Crippen LogP contribution in [0.5, 0.6) is 0 Å². The second kappa shape index (κ2) is 5.11. The van der Waals surface area contributed by atoms with Crippen molar-refractivity contribution < 1.29 is 47.6 Å². The maximum atomic E-state index is 10.6. The maximum absolute atomic E-state index is 10.6. The van der Waals surface area contributed by atoms with Crippen molar-refractivity contribution >= 4 is 15.8 Å². The van der Waals surface area contributed by atoms with Crippen molar-refractivity contribution in [1.29, 1.82) is 0 Å². The molecule has 0 unspecified atom stereocenters. The molecule has 7 heteroatoms. The van der Waals surface area contributed by atoms with E-state index in [-0.39, 0.29) is 40.8 Å². The number of aliphatic hydroxyl groups excluding tert-OH is 1. The van der Waals surface area contributed by atoms with Gasteiger partial charge in [0.1, 0.15) is 10.1 Å². The number of nitrogens with two attached hydrogens (primary N) is 1. The Hall–Kier alpha value is -0.110. The van der Waals surface area contributed by atoms with Crippen molar-refractivity contribution in [2.24, 2.45) is 0 Å². The second-order valence-corrected chi connectivity index (χ2v) is 3.83. The monoisotopic (exact) mass is 225 g/mol. The third kappa shape index (κ3) is 3.23. The van der Waals surface area contributed by atoms with Gasteiger partial charge in [0, 0.05) is 5.69 Å². The molecule has 0 fully saturated rings. The quantitative estimate of drug-likeness (QED) is 0.311. The van der Waals surface area contributed by atoms with Gasteiger partial charge in [-0.2, -0.15) is 0 Å². The molecule has 0 saturated carbocycles. The van der Waals surface area contributed by atoms with Crippen molar-refractivity contribution in [1.82, 2.24) is 0 Å². The normalized spacial score (nSPS) is 10.7. The summed E-state index contributed by atoms with van der Waals surface area (Å²) in [6.45, 7) is -0.503. The summed E-state index contributed by atoms with van der Waals surface area (Å²) in [5.74, 6) is 0. The van der Waals surface area contributed by atoms with Crippen LogP contribution in [-0.2, 0) is 16.7 Å². The zero-order chi connectivity index (χ0) is 10.1. The summed E-state index contributed by atoms with van der Waals surface area (Å²) in [5, 5.41) is 8.73. The van der Waals surface area contributed by atoms with Gasteiger partial charge in [0.05, 0.1) is 11.5 Å². The molecule has 5 nitrogen and oxygen atoms in total. The van der Waals surface area contributed by atoms with Crippen LogP contribution in [0.15, 0.2) is 23.1 Å². The van der Waals surface area contributed by atoms with E-state index in [1.54, 1.807) is 0 Å². The summed E-state index contributed by atoms with van der Waals surface area (Å²) in [6.07, 6.45) is 0. The van der Waals surface area contributed by atoms with Crippen molar-refractivity contribution in [3.63, 3.8) is 0 Å². The van der Waals surface area contributed by atoms with E-state index in [2.05, 4.69) is 0 Å². The van der Waals surface area contributed by atoms with Gasteiger partial charge in [0.15, 0.2) is 0 Å². The molecule has 0 aliphatic heterocycles. The molecular formula is C7H8NNaO4S. The molecule has 0 bridgehead atoms. The van der Waals surface area contributed by atoms with E-state index in [9.17, 15) is 13.0 Å². The molecule has 3 N–H and O–H groups in total. The first-order valence-corrected chi connectivity index (χ1v) is 4.81. The molecule has 0 spiro atoms. The number of benzene rings is 1. The van der Waals surface area contributed by atoms with Gasteiger partial charge in [-0.25, -0.2) is 8.42 Å². The van der Waals surface area contributed by atoms with Crippen LogP contribution in [0, 0.1) is 0 Å². The Morgan fingerprint density at radius 3 is 2.43 bits per heavy atom. The standard InChI is InChI=1S/C7H9NO4S.Na/c8-6-2-1-5(4-9)7(3-6)13(10,11)12;/h1-3,9H,4,8H2,(H,10,11,12);/q;+1/p-1. The average molecular weight is 225 g/mol. The van der Waals surface area contributed by atoms with Crippen molar-refractivity contribution in [3.8, 4) is 0 Å². The predicted molar refractivity (Wildman–Crippen MR) is 44.7 cm³/mol. The zero-order valence-corrected chi connectivity index (χ0v) is 10.4. The van der Waals surface area contributed by atoms with E-state index < -0.39 is 21.6 Å². The van der Waals surface area contributed by atoms with Gasteiger partial charge in [0.2, 0.25) is 0 Å². The summed E-state index contributed by atoms with van der Waals surface area (Å²) in [7, 11) is -4.56. The summed E-state index contributed by atoms with van der Waals surface area (Å²) in [5.41, 5.74) is 5.53. The maximum Gasteiger partial charge on any atom is 1.00 e. The van der Waals surface area contributed by atoms with Gasteiger partial charge in [-0.1, -0.05) is 6.07 Å². The molecule has 0 saturated heterocycles. The van der Waals surface area contributed by atoms with E-state index in [1.165, 1.54) is 12.1 Å². The number of rotatable bonds is 2. The third-order valence-electron chi connectivity index (χ3n) is 1.53. The minimum atomic E-state index is -4.56. The van der Waals surface area contributed by atoms with Gasteiger partial charge in [-0.05, 0) is 17.7 Å². The van der Waals surface area contributed by atoms with Crippen LogP contribution in [0.4, 0.5) is 5.69 Å². The van der Waals surface area contributed by atoms with Crippen LogP contribution in [0.25, 0.3) is 0 Å². The molecule has 1 rings (SSSR count). The molecular weight excluding hydrogens is 217 g/mol. The van der Waals surface area contributed by atoms with Crippen LogP contribution >= 0.6 is 0 Å². The van der Waals surface area contributed by atoms with E-state index in [0.717, 1.165) is 6.07 Å². The summed E-state index contributed by atoms with van der Waals surface area (Å²) < 4.78 is 31.9. The average Bonchev–Trinajstić information content (AvgIpc) is 2.03.